The molecule has 1 unspecified atom stereocenters. The van der Waals surface area contributed by atoms with E-state index in [0.29, 0.717) is 27.3 Å². The number of carboxylic acid groups (broad SMARTS) is 1. The molecule has 3 N–H and O–H groups in total. The molecule has 6 nitrogen and oxygen atoms in total. The second-order valence-electron chi connectivity index (χ2n) is 5.36. The van der Waals surface area contributed by atoms with Gasteiger partial charge in [0.05, 0.1) is 11.6 Å². The van der Waals surface area contributed by atoms with Crippen LogP contribution in [0.15, 0.2) is 24.4 Å². The van der Waals surface area contributed by atoms with Crippen molar-refractivity contribution in [1.29, 1.82) is 0 Å². The van der Waals surface area contributed by atoms with Crippen LogP contribution in [0.4, 0.5) is 0 Å². The van der Waals surface area contributed by atoms with Gasteiger partial charge in [-0.2, -0.15) is 0 Å². The fourth-order valence-electron chi connectivity index (χ4n) is 2.60. The number of nitrogens with one attached hydrogen (secondary N) is 2. The number of imidazole rings is 1. The third-order valence-corrected chi connectivity index (χ3v) is 4.00. The van der Waals surface area contributed by atoms with E-state index in [0.717, 1.165) is 0 Å². The summed E-state index contributed by atoms with van der Waals surface area (Å²) < 4.78 is 0. The van der Waals surface area contributed by atoms with Gasteiger partial charge in [0.1, 0.15) is 11.5 Å². The van der Waals surface area contributed by atoms with Crippen molar-refractivity contribution in [3.8, 4) is 0 Å². The van der Waals surface area contributed by atoms with E-state index in [1.807, 2.05) is 0 Å². The second kappa shape index (κ2) is 5.55. The first kappa shape index (κ1) is 15.3. The van der Waals surface area contributed by atoms with Gasteiger partial charge in [0.25, 0.3) is 0 Å². The Morgan fingerprint density at radius 2 is 2.09 bits per heavy atom. The summed E-state index contributed by atoms with van der Waals surface area (Å²) >= 11 is 6.02. The number of halogens is 1. The lowest BCUT2D eigenvalue weighted by Gasteiger charge is -2.08. The van der Waals surface area contributed by atoms with Gasteiger partial charge >= 0.3 is 5.97 Å². The summed E-state index contributed by atoms with van der Waals surface area (Å²) in [6, 6.07) is 5.07. The van der Waals surface area contributed by atoms with Crippen molar-refractivity contribution in [2.24, 2.45) is 0 Å². The van der Waals surface area contributed by atoms with Crippen molar-refractivity contribution in [1.82, 2.24) is 15.0 Å². The molecule has 0 saturated heterocycles. The Hall–Kier alpha value is -2.60. The predicted molar refractivity (Wildman–Crippen MR) is 86.1 cm³/mol. The minimum atomic E-state index is -1.02. The highest BCUT2D eigenvalue weighted by Crippen LogP contribution is 2.32. The monoisotopic (exact) mass is 331 g/mol. The molecular weight excluding hydrogens is 318 g/mol. The molecule has 0 aliphatic carbocycles. The van der Waals surface area contributed by atoms with Gasteiger partial charge in [-0.15, -0.1) is 0 Å². The third-order valence-electron chi connectivity index (χ3n) is 3.77. The number of aromatic nitrogens is 3. The number of rotatable bonds is 4. The van der Waals surface area contributed by atoms with E-state index in [9.17, 15) is 14.7 Å². The van der Waals surface area contributed by atoms with Crippen molar-refractivity contribution >= 4 is 34.3 Å². The zero-order chi connectivity index (χ0) is 16.7. The molecule has 2 heterocycles. The van der Waals surface area contributed by atoms with Crippen LogP contribution in [0.25, 0.3) is 10.9 Å². The molecule has 0 radical (unpaired) electrons. The summed E-state index contributed by atoms with van der Waals surface area (Å²) in [7, 11) is 0. The maximum absolute atomic E-state index is 12.7. The summed E-state index contributed by atoms with van der Waals surface area (Å²) in [5.41, 5.74) is 1.54. The molecule has 3 rings (SSSR count). The third kappa shape index (κ3) is 2.61. The summed E-state index contributed by atoms with van der Waals surface area (Å²) in [5.74, 6) is -1.62. The van der Waals surface area contributed by atoms with Gasteiger partial charge in [0, 0.05) is 27.7 Å². The Kier molecular flexibility index (Phi) is 3.69. The largest absolute Gasteiger partial charge is 0.481 e. The molecule has 0 saturated carbocycles. The van der Waals surface area contributed by atoms with E-state index >= 15 is 0 Å². The number of carbonyl (C=O) groups is 2. The van der Waals surface area contributed by atoms with E-state index in [4.69, 9.17) is 11.6 Å². The molecule has 0 spiro atoms. The highest BCUT2D eigenvalue weighted by Gasteiger charge is 2.27. The topological polar surface area (TPSA) is 98.8 Å². The number of ketones is 1. The van der Waals surface area contributed by atoms with Gasteiger partial charge in [-0.3, -0.25) is 9.59 Å². The quantitative estimate of drug-likeness (QED) is 0.639. The number of hydrogen-bond donors (Lipinski definition) is 3. The van der Waals surface area contributed by atoms with E-state index < -0.39 is 11.9 Å². The maximum Gasteiger partial charge on any atom is 0.310 e. The number of carbonyl (C=O) groups excluding carboxylic acids is 1. The molecule has 2 aromatic heterocycles. The van der Waals surface area contributed by atoms with Crippen LogP contribution in [0.2, 0.25) is 5.02 Å². The Labute approximate surface area is 136 Å². The average molecular weight is 332 g/mol. The summed E-state index contributed by atoms with van der Waals surface area (Å²) in [5, 5.41) is 10.5. The summed E-state index contributed by atoms with van der Waals surface area (Å²) in [6.07, 6.45) is 1.51. The van der Waals surface area contributed by atoms with E-state index in [1.54, 1.807) is 32.0 Å². The van der Waals surface area contributed by atoms with Crippen LogP contribution < -0.4 is 0 Å². The molecule has 3 aromatic rings. The number of hydrogen-bond acceptors (Lipinski definition) is 3. The van der Waals surface area contributed by atoms with Crippen molar-refractivity contribution in [3.63, 3.8) is 0 Å². The maximum atomic E-state index is 12.7. The molecule has 7 heteroatoms. The minimum absolute atomic E-state index is 0.226. The molecule has 1 aromatic carbocycles. The SMILES string of the molecule is Cc1nc(C(=O)c2[nH]c3ccc(Cl)cc3c2C(C)C(=O)O)c[nH]1. The van der Waals surface area contributed by atoms with Crippen LogP contribution in [0.1, 0.15) is 40.4 Å². The second-order valence-corrected chi connectivity index (χ2v) is 5.80. The lowest BCUT2D eigenvalue weighted by molar-refractivity contribution is -0.138. The molecule has 0 amide bonds. The smallest absolute Gasteiger partial charge is 0.310 e. The van der Waals surface area contributed by atoms with Gasteiger partial charge in [-0.1, -0.05) is 11.6 Å². The van der Waals surface area contributed by atoms with E-state index in [2.05, 4.69) is 15.0 Å². The lowest BCUT2D eigenvalue weighted by Crippen LogP contribution is -2.13. The van der Waals surface area contributed by atoms with Gasteiger partial charge in [0.15, 0.2) is 0 Å². The first-order valence-corrected chi connectivity index (χ1v) is 7.37. The zero-order valence-corrected chi connectivity index (χ0v) is 13.2. The number of nitrogens with zero attached hydrogens (tertiary/aromatic N) is 1. The molecule has 0 aliphatic rings. The first-order chi connectivity index (χ1) is 10.9. The zero-order valence-electron chi connectivity index (χ0n) is 12.5. The van der Waals surface area contributed by atoms with E-state index in [1.165, 1.54) is 6.20 Å². The number of benzene rings is 1. The average Bonchev–Trinajstić information content (AvgIpc) is 3.09. The Balaban J connectivity index is 2.25. The van der Waals surface area contributed by atoms with Gasteiger partial charge in [-0.05, 0) is 32.0 Å². The number of carboxylic acids is 1. The molecule has 0 bridgehead atoms. The minimum Gasteiger partial charge on any atom is -0.481 e. The van der Waals surface area contributed by atoms with E-state index in [-0.39, 0.29) is 17.2 Å². The summed E-state index contributed by atoms with van der Waals surface area (Å²) in [4.78, 5) is 34.2. The first-order valence-electron chi connectivity index (χ1n) is 6.99. The number of H-pyrrole nitrogens is 2. The Bertz CT molecular complexity index is 926. The molecule has 0 aliphatic heterocycles. The Morgan fingerprint density at radius 1 is 1.35 bits per heavy atom. The van der Waals surface area contributed by atoms with Crippen LogP contribution in [-0.2, 0) is 4.79 Å². The lowest BCUT2D eigenvalue weighted by atomic mass is 9.95. The van der Waals surface area contributed by atoms with Crippen LogP contribution in [-0.4, -0.2) is 31.8 Å². The summed E-state index contributed by atoms with van der Waals surface area (Å²) in [6.45, 7) is 3.28. The molecule has 118 valence electrons. The highest BCUT2D eigenvalue weighted by atomic mass is 35.5. The van der Waals surface area contributed by atoms with Gasteiger partial charge in [-0.25, -0.2) is 4.98 Å². The Morgan fingerprint density at radius 3 is 2.70 bits per heavy atom. The van der Waals surface area contributed by atoms with Crippen LogP contribution in [0.5, 0.6) is 0 Å². The number of fused-ring (bicyclic) bond motifs is 1. The van der Waals surface area contributed by atoms with Gasteiger partial charge < -0.3 is 15.1 Å². The standard InChI is InChI=1S/C16H14ClN3O3/c1-7(16(22)23)13-10-5-9(17)3-4-11(10)20-14(13)15(21)12-6-18-8(2)19-12/h3-7,20H,1-2H3,(H,18,19)(H,22,23). The molecule has 0 fully saturated rings. The molecule has 1 atom stereocenters. The highest BCUT2D eigenvalue weighted by molar-refractivity contribution is 6.31. The van der Waals surface area contributed by atoms with Gasteiger partial charge in [0.2, 0.25) is 5.78 Å². The molecular formula is C16H14ClN3O3. The van der Waals surface area contributed by atoms with Crippen molar-refractivity contribution in [3.05, 3.63) is 52.2 Å². The van der Waals surface area contributed by atoms with Crippen molar-refractivity contribution < 1.29 is 14.7 Å². The van der Waals surface area contributed by atoms with Crippen molar-refractivity contribution in [2.45, 2.75) is 19.8 Å². The fraction of sp³-hybridized carbons (Fsp3) is 0.188. The van der Waals surface area contributed by atoms with Crippen LogP contribution in [0.3, 0.4) is 0 Å². The van der Waals surface area contributed by atoms with Crippen molar-refractivity contribution in [2.75, 3.05) is 0 Å². The van der Waals surface area contributed by atoms with Crippen LogP contribution >= 0.6 is 11.6 Å². The fourth-order valence-corrected chi connectivity index (χ4v) is 2.77. The van der Waals surface area contributed by atoms with Crippen LogP contribution in [0, 0.1) is 6.92 Å². The number of aliphatic carboxylic acids is 1. The number of aryl methyl sites for hydroxylation is 1. The normalized spacial score (nSPS) is 12.5. The molecule has 23 heavy (non-hydrogen) atoms. The number of aromatic amines is 2. The predicted octanol–water partition coefficient (Wildman–Crippen LogP) is 3.27.